The molecule has 116 valence electrons. The molecule has 1 aliphatic rings. The van der Waals surface area contributed by atoms with Crippen LogP contribution in [0.2, 0.25) is 0 Å². The van der Waals surface area contributed by atoms with Gasteiger partial charge in [-0.3, -0.25) is 0 Å². The van der Waals surface area contributed by atoms with E-state index < -0.39 is 31.7 Å². The summed E-state index contributed by atoms with van der Waals surface area (Å²) in [5, 5.41) is 0. The van der Waals surface area contributed by atoms with Crippen molar-refractivity contribution >= 4 is 37.1 Å². The van der Waals surface area contributed by atoms with Crippen molar-refractivity contribution in [3.05, 3.63) is 29.6 Å². The van der Waals surface area contributed by atoms with E-state index in [2.05, 4.69) is 16.9 Å². The molecule has 1 aliphatic heterocycles. The van der Waals surface area contributed by atoms with E-state index in [1.165, 1.54) is 0 Å². The predicted molar refractivity (Wildman–Crippen MR) is 79.7 cm³/mol. The standard InChI is InChI=1S/C11H13FN2O4S3/c12-10-2-1-8(5-9(10)11(13)19)21(17,18)14-7-3-4-20(15,16)6-7/h1-2,5,7,14H,3-4,6H2,(H2,13,19). The van der Waals surface area contributed by atoms with Gasteiger partial charge in [-0.1, -0.05) is 12.2 Å². The van der Waals surface area contributed by atoms with Crippen molar-refractivity contribution in [3.63, 3.8) is 0 Å². The van der Waals surface area contributed by atoms with Crippen LogP contribution in [0.1, 0.15) is 12.0 Å². The number of nitrogens with one attached hydrogen (secondary N) is 1. The van der Waals surface area contributed by atoms with Crippen LogP contribution in [0.4, 0.5) is 4.39 Å². The first-order chi connectivity index (χ1) is 9.61. The number of halogens is 1. The van der Waals surface area contributed by atoms with E-state index in [-0.39, 0.29) is 33.4 Å². The Bertz CT molecular complexity index is 790. The van der Waals surface area contributed by atoms with Crippen LogP contribution >= 0.6 is 12.2 Å². The summed E-state index contributed by atoms with van der Waals surface area (Å²) in [5.74, 6) is -1.01. The number of benzene rings is 1. The van der Waals surface area contributed by atoms with Crippen LogP contribution in [-0.2, 0) is 19.9 Å². The van der Waals surface area contributed by atoms with Gasteiger partial charge >= 0.3 is 0 Å². The summed E-state index contributed by atoms with van der Waals surface area (Å²) in [6.45, 7) is 0. The van der Waals surface area contributed by atoms with Gasteiger partial charge in [-0.15, -0.1) is 0 Å². The monoisotopic (exact) mass is 352 g/mol. The lowest BCUT2D eigenvalue weighted by Crippen LogP contribution is -2.35. The van der Waals surface area contributed by atoms with Gasteiger partial charge < -0.3 is 5.73 Å². The molecule has 21 heavy (non-hydrogen) atoms. The largest absolute Gasteiger partial charge is 0.389 e. The normalized spacial score (nSPS) is 21.3. The number of sulfonamides is 1. The minimum absolute atomic E-state index is 0.0538. The summed E-state index contributed by atoms with van der Waals surface area (Å²) in [4.78, 5) is -0.469. The van der Waals surface area contributed by atoms with Crippen LogP contribution in [-0.4, -0.2) is 39.4 Å². The van der Waals surface area contributed by atoms with Gasteiger partial charge in [0.1, 0.15) is 10.8 Å². The topological polar surface area (TPSA) is 106 Å². The molecule has 0 radical (unpaired) electrons. The fraction of sp³-hybridized carbons (Fsp3) is 0.364. The molecule has 0 amide bonds. The van der Waals surface area contributed by atoms with Gasteiger partial charge in [-0.2, -0.15) is 0 Å². The average molecular weight is 352 g/mol. The molecule has 3 N–H and O–H groups in total. The Morgan fingerprint density at radius 1 is 1.43 bits per heavy atom. The van der Waals surface area contributed by atoms with E-state index in [4.69, 9.17) is 5.73 Å². The Morgan fingerprint density at radius 2 is 2.10 bits per heavy atom. The summed E-state index contributed by atoms with van der Waals surface area (Å²) in [6.07, 6.45) is 0.213. The fourth-order valence-electron chi connectivity index (χ4n) is 2.04. The second-order valence-electron chi connectivity index (χ2n) is 4.73. The summed E-state index contributed by atoms with van der Waals surface area (Å²) in [6, 6.07) is 2.37. The molecule has 0 aliphatic carbocycles. The van der Waals surface area contributed by atoms with E-state index in [9.17, 15) is 21.2 Å². The number of hydrogen-bond donors (Lipinski definition) is 2. The van der Waals surface area contributed by atoms with Crippen molar-refractivity contribution < 1.29 is 21.2 Å². The van der Waals surface area contributed by atoms with Gasteiger partial charge in [0.05, 0.1) is 16.4 Å². The van der Waals surface area contributed by atoms with Crippen molar-refractivity contribution in [3.8, 4) is 0 Å². The molecular formula is C11H13FN2O4S3. The quantitative estimate of drug-likeness (QED) is 0.735. The van der Waals surface area contributed by atoms with Crippen molar-refractivity contribution in [2.24, 2.45) is 5.73 Å². The fourth-order valence-corrected chi connectivity index (χ4v) is 5.27. The first-order valence-corrected chi connectivity index (χ1v) is 9.64. The molecule has 0 bridgehead atoms. The van der Waals surface area contributed by atoms with Crippen LogP contribution in [0.5, 0.6) is 0 Å². The van der Waals surface area contributed by atoms with Crippen LogP contribution in [0, 0.1) is 5.82 Å². The Morgan fingerprint density at radius 3 is 2.62 bits per heavy atom. The zero-order chi connectivity index (χ0) is 15.8. The van der Waals surface area contributed by atoms with Crippen LogP contribution < -0.4 is 10.5 Å². The molecule has 10 heteroatoms. The minimum atomic E-state index is -3.96. The van der Waals surface area contributed by atoms with E-state index in [1.54, 1.807) is 0 Å². The highest BCUT2D eigenvalue weighted by atomic mass is 32.2. The molecule has 2 rings (SSSR count). The molecule has 1 atom stereocenters. The predicted octanol–water partition coefficient (Wildman–Crippen LogP) is -0.0747. The summed E-state index contributed by atoms with van der Waals surface area (Å²) >= 11 is 4.65. The van der Waals surface area contributed by atoms with Crippen molar-refractivity contribution in [2.45, 2.75) is 17.4 Å². The molecular weight excluding hydrogens is 339 g/mol. The second-order valence-corrected chi connectivity index (χ2v) is 9.11. The second kappa shape index (κ2) is 5.59. The van der Waals surface area contributed by atoms with Gasteiger partial charge in [0.15, 0.2) is 9.84 Å². The van der Waals surface area contributed by atoms with Crippen LogP contribution in [0.3, 0.4) is 0 Å². The Balaban J connectivity index is 2.28. The smallest absolute Gasteiger partial charge is 0.240 e. The Labute approximate surface area is 127 Å². The van der Waals surface area contributed by atoms with Crippen molar-refractivity contribution in [2.75, 3.05) is 11.5 Å². The van der Waals surface area contributed by atoms with Gasteiger partial charge in [0.25, 0.3) is 0 Å². The molecule has 0 saturated carbocycles. The maximum Gasteiger partial charge on any atom is 0.240 e. The van der Waals surface area contributed by atoms with Gasteiger partial charge in [0.2, 0.25) is 10.0 Å². The number of nitrogens with two attached hydrogens (primary N) is 1. The van der Waals surface area contributed by atoms with Gasteiger partial charge in [-0.05, 0) is 24.6 Å². The highest BCUT2D eigenvalue weighted by molar-refractivity contribution is 7.92. The van der Waals surface area contributed by atoms with E-state index in [1.807, 2.05) is 0 Å². The van der Waals surface area contributed by atoms with Crippen LogP contribution in [0.25, 0.3) is 0 Å². The zero-order valence-electron chi connectivity index (χ0n) is 10.7. The lowest BCUT2D eigenvalue weighted by atomic mass is 10.2. The zero-order valence-corrected chi connectivity index (χ0v) is 13.2. The molecule has 1 fully saturated rings. The molecule has 1 heterocycles. The summed E-state index contributed by atoms with van der Waals surface area (Å²) in [5.41, 5.74) is 5.15. The third-order valence-corrected chi connectivity index (χ3v) is 6.57. The first kappa shape index (κ1) is 16.3. The molecule has 1 aromatic carbocycles. The number of rotatable bonds is 4. The average Bonchev–Trinajstić information content (AvgIpc) is 2.67. The number of thiocarbonyl (C=S) groups is 1. The van der Waals surface area contributed by atoms with Crippen LogP contribution in [0.15, 0.2) is 23.1 Å². The lowest BCUT2D eigenvalue weighted by molar-refractivity contribution is 0.562. The maximum absolute atomic E-state index is 13.5. The highest BCUT2D eigenvalue weighted by Crippen LogP contribution is 2.18. The lowest BCUT2D eigenvalue weighted by Gasteiger charge is -2.12. The first-order valence-electron chi connectivity index (χ1n) is 5.93. The van der Waals surface area contributed by atoms with E-state index >= 15 is 0 Å². The Hall–Kier alpha value is -1.10. The highest BCUT2D eigenvalue weighted by Gasteiger charge is 2.31. The molecule has 6 nitrogen and oxygen atoms in total. The van der Waals surface area contributed by atoms with Gasteiger partial charge in [-0.25, -0.2) is 25.9 Å². The van der Waals surface area contributed by atoms with Gasteiger partial charge in [0, 0.05) is 11.6 Å². The molecule has 0 spiro atoms. The van der Waals surface area contributed by atoms with E-state index in [0.717, 1.165) is 18.2 Å². The Kier molecular flexibility index (Phi) is 4.34. The molecule has 1 unspecified atom stereocenters. The molecule has 1 aromatic rings. The summed E-state index contributed by atoms with van der Waals surface area (Å²) in [7, 11) is -7.17. The number of hydrogen-bond acceptors (Lipinski definition) is 5. The maximum atomic E-state index is 13.5. The van der Waals surface area contributed by atoms with Crippen molar-refractivity contribution in [1.29, 1.82) is 0 Å². The van der Waals surface area contributed by atoms with E-state index in [0.29, 0.717) is 0 Å². The third kappa shape index (κ3) is 3.76. The molecule has 0 aromatic heterocycles. The van der Waals surface area contributed by atoms with Crippen molar-refractivity contribution in [1.82, 2.24) is 4.72 Å². The minimum Gasteiger partial charge on any atom is -0.389 e. The molecule has 1 saturated heterocycles. The third-order valence-electron chi connectivity index (χ3n) is 3.07. The SMILES string of the molecule is NC(=S)c1cc(S(=O)(=O)NC2CCS(=O)(=O)C2)ccc1F. The summed E-state index contributed by atoms with van der Waals surface area (Å²) < 4.78 is 62.8. The number of sulfone groups is 1.